The number of carbonyl (C=O) groups is 1. The van der Waals surface area contributed by atoms with Gasteiger partial charge < -0.3 is 4.90 Å². The van der Waals surface area contributed by atoms with E-state index in [1.54, 1.807) is 16.0 Å². The molecule has 3 rings (SSSR count). The normalized spacial score (nSPS) is 17.4. The average Bonchev–Trinajstić information content (AvgIpc) is 3.00. The molecule has 1 atom stereocenters. The summed E-state index contributed by atoms with van der Waals surface area (Å²) in [6.45, 7) is 4.69. The molecule has 0 radical (unpaired) electrons. The minimum Gasteiger partial charge on any atom is -0.340 e. The number of hydrogen-bond donors (Lipinski definition) is 0. The van der Waals surface area contributed by atoms with E-state index in [0.29, 0.717) is 11.6 Å². The van der Waals surface area contributed by atoms with Gasteiger partial charge in [-0.15, -0.1) is 11.3 Å². The van der Waals surface area contributed by atoms with Gasteiger partial charge in [0, 0.05) is 31.4 Å². The lowest BCUT2D eigenvalue weighted by Crippen LogP contribution is -2.33. The summed E-state index contributed by atoms with van der Waals surface area (Å²) < 4.78 is 1.66. The third-order valence-corrected chi connectivity index (χ3v) is 5.29. The van der Waals surface area contributed by atoms with Gasteiger partial charge in [0.15, 0.2) is 0 Å². The molecule has 0 aromatic carbocycles. The second-order valence-corrected chi connectivity index (χ2v) is 7.40. The van der Waals surface area contributed by atoms with Crippen LogP contribution in [0, 0.1) is 13.8 Å². The van der Waals surface area contributed by atoms with E-state index in [4.69, 9.17) is 4.98 Å². The maximum atomic E-state index is 12.6. The molecular formula is C16H22N4OS. The summed E-state index contributed by atoms with van der Waals surface area (Å²) in [6.07, 6.45) is 3.43. The Labute approximate surface area is 135 Å². The van der Waals surface area contributed by atoms with Crippen LogP contribution in [0.5, 0.6) is 0 Å². The molecule has 1 amide bonds. The van der Waals surface area contributed by atoms with Gasteiger partial charge in [0.1, 0.15) is 5.69 Å². The average molecular weight is 318 g/mol. The molecule has 0 unspecified atom stereocenters. The van der Waals surface area contributed by atoms with Crippen molar-refractivity contribution in [3.8, 4) is 0 Å². The van der Waals surface area contributed by atoms with Gasteiger partial charge in [-0.3, -0.25) is 9.48 Å². The SMILES string of the molecule is Cc1cc(C(=O)N(C)C[C@H]2CCCc3sc(C)nc32)n(C)n1. The number of amides is 1. The number of carbonyl (C=O) groups excluding carboxylic acids is 1. The summed E-state index contributed by atoms with van der Waals surface area (Å²) >= 11 is 1.80. The molecule has 0 fully saturated rings. The van der Waals surface area contributed by atoms with Crippen LogP contribution in [0.1, 0.15) is 50.5 Å². The van der Waals surface area contributed by atoms with Crippen LogP contribution >= 0.6 is 11.3 Å². The Morgan fingerprint density at radius 1 is 1.50 bits per heavy atom. The standard InChI is InChI=1S/C16H22N4OS/c1-10-8-13(20(4)18-10)16(21)19(3)9-12-6-5-7-14-15(12)17-11(2)22-14/h8,12H,5-7,9H2,1-4H3/t12-/m1/s1. The summed E-state index contributed by atoms with van der Waals surface area (Å²) in [5, 5.41) is 5.39. The zero-order valence-electron chi connectivity index (χ0n) is 13.6. The lowest BCUT2D eigenvalue weighted by molar-refractivity contribution is 0.0772. The van der Waals surface area contributed by atoms with Gasteiger partial charge in [-0.25, -0.2) is 4.98 Å². The van der Waals surface area contributed by atoms with E-state index in [0.717, 1.165) is 30.1 Å². The van der Waals surface area contributed by atoms with Crippen LogP contribution in [0.3, 0.4) is 0 Å². The van der Waals surface area contributed by atoms with Crippen LogP contribution in [0.2, 0.25) is 0 Å². The van der Waals surface area contributed by atoms with Crippen LogP contribution in [0.25, 0.3) is 0 Å². The molecular weight excluding hydrogens is 296 g/mol. The van der Waals surface area contributed by atoms with Crippen LogP contribution in [0.4, 0.5) is 0 Å². The first kappa shape index (κ1) is 15.2. The Bertz CT molecular complexity index is 703. The maximum Gasteiger partial charge on any atom is 0.271 e. The predicted molar refractivity (Wildman–Crippen MR) is 87.4 cm³/mol. The lowest BCUT2D eigenvalue weighted by atomic mass is 9.90. The molecule has 0 aliphatic heterocycles. The van der Waals surface area contributed by atoms with Gasteiger partial charge >= 0.3 is 0 Å². The van der Waals surface area contributed by atoms with Crippen molar-refractivity contribution < 1.29 is 4.79 Å². The molecule has 22 heavy (non-hydrogen) atoms. The molecule has 0 saturated carbocycles. The van der Waals surface area contributed by atoms with E-state index in [1.807, 2.05) is 32.0 Å². The number of likely N-dealkylation sites (N-methyl/N-ethyl adjacent to an activating group) is 1. The lowest BCUT2D eigenvalue weighted by Gasteiger charge is -2.26. The molecule has 1 aliphatic carbocycles. The number of nitrogens with zero attached hydrogens (tertiary/aromatic N) is 4. The summed E-state index contributed by atoms with van der Waals surface area (Å²) in [6, 6.07) is 1.85. The zero-order valence-corrected chi connectivity index (χ0v) is 14.4. The smallest absolute Gasteiger partial charge is 0.271 e. The zero-order chi connectivity index (χ0) is 15.9. The summed E-state index contributed by atoms with van der Waals surface area (Å²) in [5.41, 5.74) is 2.73. The number of thiazole rings is 1. The summed E-state index contributed by atoms with van der Waals surface area (Å²) in [7, 11) is 3.69. The Hall–Kier alpha value is -1.69. The van der Waals surface area contributed by atoms with E-state index in [9.17, 15) is 4.79 Å². The van der Waals surface area contributed by atoms with E-state index in [2.05, 4.69) is 12.0 Å². The third-order valence-electron chi connectivity index (χ3n) is 4.24. The molecule has 0 spiro atoms. The Kier molecular flexibility index (Phi) is 4.04. The van der Waals surface area contributed by atoms with Crippen molar-refractivity contribution in [1.82, 2.24) is 19.7 Å². The van der Waals surface area contributed by atoms with Crippen LogP contribution < -0.4 is 0 Å². The van der Waals surface area contributed by atoms with E-state index in [-0.39, 0.29) is 5.91 Å². The fourth-order valence-electron chi connectivity index (χ4n) is 3.23. The molecule has 0 saturated heterocycles. The highest BCUT2D eigenvalue weighted by molar-refractivity contribution is 7.11. The monoisotopic (exact) mass is 318 g/mol. The number of aromatic nitrogens is 3. The third kappa shape index (κ3) is 2.79. The minimum absolute atomic E-state index is 0.0298. The number of aryl methyl sites for hydroxylation is 4. The Morgan fingerprint density at radius 3 is 2.95 bits per heavy atom. The van der Waals surface area contributed by atoms with Crippen molar-refractivity contribution in [2.75, 3.05) is 13.6 Å². The minimum atomic E-state index is 0.0298. The summed E-state index contributed by atoms with van der Waals surface area (Å²) in [4.78, 5) is 20.5. The Balaban J connectivity index is 1.76. The van der Waals surface area contributed by atoms with Gasteiger partial charge in [0.2, 0.25) is 0 Å². The van der Waals surface area contributed by atoms with Crippen LogP contribution in [-0.4, -0.2) is 39.2 Å². The number of rotatable bonds is 3. The van der Waals surface area contributed by atoms with Crippen LogP contribution in [0.15, 0.2) is 6.07 Å². The quantitative estimate of drug-likeness (QED) is 0.874. The molecule has 0 N–H and O–H groups in total. The van der Waals surface area contributed by atoms with E-state index >= 15 is 0 Å². The molecule has 6 heteroatoms. The van der Waals surface area contributed by atoms with Crippen molar-refractivity contribution in [3.05, 3.63) is 33.0 Å². The fraction of sp³-hybridized carbons (Fsp3) is 0.562. The molecule has 2 heterocycles. The van der Waals surface area contributed by atoms with Gasteiger partial charge in [-0.05, 0) is 39.2 Å². The largest absolute Gasteiger partial charge is 0.340 e. The van der Waals surface area contributed by atoms with Crippen molar-refractivity contribution in [2.45, 2.75) is 39.0 Å². The highest BCUT2D eigenvalue weighted by Gasteiger charge is 2.27. The first-order valence-electron chi connectivity index (χ1n) is 7.68. The molecule has 1 aliphatic rings. The molecule has 2 aromatic heterocycles. The molecule has 0 bridgehead atoms. The fourth-order valence-corrected chi connectivity index (χ4v) is 4.29. The maximum absolute atomic E-state index is 12.6. The Morgan fingerprint density at radius 2 is 2.27 bits per heavy atom. The van der Waals surface area contributed by atoms with Gasteiger partial charge in [-0.2, -0.15) is 5.10 Å². The van der Waals surface area contributed by atoms with Crippen molar-refractivity contribution in [3.63, 3.8) is 0 Å². The molecule has 118 valence electrons. The predicted octanol–water partition coefficient (Wildman–Crippen LogP) is 2.69. The second kappa shape index (κ2) is 5.83. The molecule has 2 aromatic rings. The first-order valence-corrected chi connectivity index (χ1v) is 8.49. The second-order valence-electron chi connectivity index (χ2n) is 6.11. The summed E-state index contributed by atoms with van der Waals surface area (Å²) in [5.74, 6) is 0.388. The topological polar surface area (TPSA) is 51.0 Å². The van der Waals surface area contributed by atoms with E-state index in [1.165, 1.54) is 17.0 Å². The molecule has 5 nitrogen and oxygen atoms in total. The van der Waals surface area contributed by atoms with E-state index < -0.39 is 0 Å². The van der Waals surface area contributed by atoms with Crippen LogP contribution in [-0.2, 0) is 13.5 Å². The van der Waals surface area contributed by atoms with Crippen molar-refractivity contribution in [1.29, 1.82) is 0 Å². The highest BCUT2D eigenvalue weighted by Crippen LogP contribution is 2.35. The van der Waals surface area contributed by atoms with Gasteiger partial charge in [-0.1, -0.05) is 0 Å². The highest BCUT2D eigenvalue weighted by atomic mass is 32.1. The van der Waals surface area contributed by atoms with Gasteiger partial charge in [0.25, 0.3) is 5.91 Å². The first-order chi connectivity index (χ1) is 10.5. The van der Waals surface area contributed by atoms with Crippen molar-refractivity contribution in [2.24, 2.45) is 7.05 Å². The van der Waals surface area contributed by atoms with Gasteiger partial charge in [0.05, 0.1) is 16.4 Å². The van der Waals surface area contributed by atoms with Crippen molar-refractivity contribution >= 4 is 17.2 Å². The number of hydrogen-bond acceptors (Lipinski definition) is 4. The number of fused-ring (bicyclic) bond motifs is 1.